The Kier molecular flexibility index (Phi) is 5.57. The molecule has 0 fully saturated rings. The van der Waals surface area contributed by atoms with Gasteiger partial charge in [-0.25, -0.2) is 0 Å². The molecule has 110 valence electrons. The van der Waals surface area contributed by atoms with Crippen LogP contribution >= 0.6 is 0 Å². The van der Waals surface area contributed by atoms with E-state index in [-0.39, 0.29) is 5.56 Å². The van der Waals surface area contributed by atoms with Crippen LogP contribution in [-0.2, 0) is 0 Å². The largest absolute Gasteiger partial charge is 0.351 e. The minimum Gasteiger partial charge on any atom is -0.351 e. The van der Waals surface area contributed by atoms with Crippen LogP contribution in [0.25, 0.3) is 0 Å². The highest BCUT2D eigenvalue weighted by Gasteiger charge is 2.17. The Morgan fingerprint density at radius 3 is 2.70 bits per heavy atom. The molecule has 6 nitrogen and oxygen atoms in total. The fourth-order valence-corrected chi connectivity index (χ4v) is 1.50. The van der Waals surface area contributed by atoms with Gasteiger partial charge in [0.25, 0.3) is 5.91 Å². The Bertz CT molecular complexity index is 506. The maximum atomic E-state index is 13.2. The van der Waals surface area contributed by atoms with Crippen LogP contribution in [0.1, 0.15) is 24.2 Å². The van der Waals surface area contributed by atoms with Gasteiger partial charge in [0.05, 0.1) is 4.92 Å². The van der Waals surface area contributed by atoms with Gasteiger partial charge in [-0.3, -0.25) is 14.9 Å². The topological polar surface area (TPSA) is 75.5 Å². The molecule has 0 aliphatic carbocycles. The summed E-state index contributed by atoms with van der Waals surface area (Å²) in [6.07, 6.45) is 0. The number of nitro groups is 1. The fraction of sp³-hybridized carbons (Fsp3) is 0.462. The zero-order chi connectivity index (χ0) is 15.3. The van der Waals surface area contributed by atoms with Gasteiger partial charge in [0.2, 0.25) is 5.82 Å². The number of hydrogen-bond donors (Lipinski definition) is 1. The van der Waals surface area contributed by atoms with Crippen molar-refractivity contribution in [2.75, 3.05) is 20.1 Å². The molecule has 0 atom stereocenters. The molecule has 0 heterocycles. The molecule has 0 aromatic heterocycles. The standard InChI is InChI=1S/C13H18FN3O3/c1-9(2)16(3)7-6-15-13(18)10-4-5-11(14)12(8-10)17(19)20/h4-5,8-9H,6-7H2,1-3H3,(H,15,18). The van der Waals surface area contributed by atoms with Crippen molar-refractivity contribution in [2.45, 2.75) is 19.9 Å². The smallest absolute Gasteiger partial charge is 0.305 e. The first-order valence-electron chi connectivity index (χ1n) is 6.25. The maximum Gasteiger partial charge on any atom is 0.305 e. The van der Waals surface area contributed by atoms with Gasteiger partial charge in [0.15, 0.2) is 0 Å². The van der Waals surface area contributed by atoms with Gasteiger partial charge in [-0.1, -0.05) is 0 Å². The van der Waals surface area contributed by atoms with Crippen molar-refractivity contribution in [1.29, 1.82) is 0 Å². The summed E-state index contributed by atoms with van der Waals surface area (Å²) in [4.78, 5) is 23.6. The average molecular weight is 283 g/mol. The second-order valence-corrected chi connectivity index (χ2v) is 4.75. The number of nitro benzene ring substituents is 1. The summed E-state index contributed by atoms with van der Waals surface area (Å²) in [7, 11) is 1.93. The fourth-order valence-electron chi connectivity index (χ4n) is 1.50. The Hall–Kier alpha value is -2.02. The molecule has 0 spiro atoms. The molecule has 0 unspecified atom stereocenters. The summed E-state index contributed by atoms with van der Waals surface area (Å²) in [6, 6.07) is 3.45. The zero-order valence-electron chi connectivity index (χ0n) is 11.7. The third-order valence-corrected chi connectivity index (χ3v) is 3.04. The highest BCUT2D eigenvalue weighted by Crippen LogP contribution is 2.18. The molecule has 1 rings (SSSR count). The van der Waals surface area contributed by atoms with Crippen molar-refractivity contribution in [3.63, 3.8) is 0 Å². The number of halogens is 1. The first kappa shape index (κ1) is 16.0. The highest BCUT2D eigenvalue weighted by atomic mass is 19.1. The molecular weight excluding hydrogens is 265 g/mol. The van der Waals surface area contributed by atoms with Gasteiger partial charge >= 0.3 is 5.69 Å². The summed E-state index contributed by atoms with van der Waals surface area (Å²) in [6.45, 7) is 5.14. The lowest BCUT2D eigenvalue weighted by atomic mass is 10.2. The van der Waals surface area contributed by atoms with E-state index in [0.717, 1.165) is 12.1 Å². The molecule has 0 aliphatic heterocycles. The Morgan fingerprint density at radius 2 is 2.15 bits per heavy atom. The molecule has 1 aromatic carbocycles. The lowest BCUT2D eigenvalue weighted by Gasteiger charge is -2.20. The second-order valence-electron chi connectivity index (χ2n) is 4.75. The van der Waals surface area contributed by atoms with E-state index in [4.69, 9.17) is 0 Å². The van der Waals surface area contributed by atoms with E-state index in [0.29, 0.717) is 19.1 Å². The molecule has 7 heteroatoms. The number of likely N-dealkylation sites (N-methyl/N-ethyl adjacent to an activating group) is 1. The molecule has 0 saturated heterocycles. The monoisotopic (exact) mass is 283 g/mol. The summed E-state index contributed by atoms with van der Waals surface area (Å²) >= 11 is 0. The predicted molar refractivity (Wildman–Crippen MR) is 73.2 cm³/mol. The lowest BCUT2D eigenvalue weighted by molar-refractivity contribution is -0.387. The van der Waals surface area contributed by atoms with E-state index in [9.17, 15) is 19.3 Å². The highest BCUT2D eigenvalue weighted by molar-refractivity contribution is 5.94. The summed E-state index contributed by atoms with van der Waals surface area (Å²) in [5.74, 6) is -1.41. The van der Waals surface area contributed by atoms with Crippen LogP contribution in [0.5, 0.6) is 0 Å². The number of carbonyl (C=O) groups excluding carboxylic acids is 1. The minimum atomic E-state index is -0.953. The van der Waals surface area contributed by atoms with E-state index < -0.39 is 22.3 Å². The summed E-state index contributed by atoms with van der Waals surface area (Å²) < 4.78 is 13.2. The normalized spacial score (nSPS) is 10.9. The van der Waals surface area contributed by atoms with Crippen LogP contribution in [-0.4, -0.2) is 41.9 Å². The summed E-state index contributed by atoms with van der Waals surface area (Å²) in [5, 5.41) is 13.2. The molecule has 0 aliphatic rings. The maximum absolute atomic E-state index is 13.2. The molecule has 1 amide bonds. The minimum absolute atomic E-state index is 0.0744. The third kappa shape index (κ3) is 4.27. The number of rotatable bonds is 6. The van der Waals surface area contributed by atoms with Gasteiger partial charge in [0.1, 0.15) is 0 Å². The van der Waals surface area contributed by atoms with Crippen LogP contribution < -0.4 is 5.32 Å². The number of nitrogens with zero attached hydrogens (tertiary/aromatic N) is 2. The number of nitrogens with one attached hydrogen (secondary N) is 1. The predicted octanol–water partition coefficient (Wildman–Crippen LogP) is 1.80. The van der Waals surface area contributed by atoms with Crippen molar-refractivity contribution < 1.29 is 14.1 Å². The van der Waals surface area contributed by atoms with Crippen LogP contribution in [0, 0.1) is 15.9 Å². The SMILES string of the molecule is CC(C)N(C)CCNC(=O)c1ccc(F)c([N+](=O)[O-])c1. The number of carbonyl (C=O) groups is 1. The average Bonchev–Trinajstić information content (AvgIpc) is 2.38. The van der Waals surface area contributed by atoms with Gasteiger partial charge in [0, 0.05) is 30.8 Å². The van der Waals surface area contributed by atoms with E-state index in [1.54, 1.807) is 0 Å². The number of amides is 1. The molecule has 0 saturated carbocycles. The van der Waals surface area contributed by atoms with Crippen LogP contribution in [0.2, 0.25) is 0 Å². The van der Waals surface area contributed by atoms with E-state index in [1.165, 1.54) is 6.07 Å². The van der Waals surface area contributed by atoms with Crippen molar-refractivity contribution in [1.82, 2.24) is 10.2 Å². The van der Waals surface area contributed by atoms with Gasteiger partial charge in [-0.2, -0.15) is 4.39 Å². The Labute approximate surface area is 116 Å². The third-order valence-electron chi connectivity index (χ3n) is 3.04. The molecule has 0 bridgehead atoms. The quantitative estimate of drug-likeness (QED) is 0.638. The van der Waals surface area contributed by atoms with Crippen molar-refractivity contribution in [3.05, 3.63) is 39.7 Å². The van der Waals surface area contributed by atoms with Gasteiger partial charge < -0.3 is 10.2 Å². The van der Waals surface area contributed by atoms with E-state index >= 15 is 0 Å². The lowest BCUT2D eigenvalue weighted by Crippen LogP contribution is -2.36. The first-order valence-corrected chi connectivity index (χ1v) is 6.25. The molecular formula is C13H18FN3O3. The summed E-state index contributed by atoms with van der Waals surface area (Å²) in [5.41, 5.74) is -0.623. The van der Waals surface area contributed by atoms with Crippen molar-refractivity contribution in [2.24, 2.45) is 0 Å². The first-order chi connectivity index (χ1) is 9.32. The molecule has 0 radical (unpaired) electrons. The Balaban J connectivity index is 2.64. The number of hydrogen-bond acceptors (Lipinski definition) is 4. The molecule has 1 aromatic rings. The molecule has 1 N–H and O–H groups in total. The Morgan fingerprint density at radius 1 is 1.50 bits per heavy atom. The second kappa shape index (κ2) is 6.95. The van der Waals surface area contributed by atoms with E-state index in [1.807, 2.05) is 25.8 Å². The van der Waals surface area contributed by atoms with Crippen LogP contribution in [0.4, 0.5) is 10.1 Å². The molecule has 20 heavy (non-hydrogen) atoms. The van der Waals surface area contributed by atoms with Crippen molar-refractivity contribution in [3.8, 4) is 0 Å². The van der Waals surface area contributed by atoms with Crippen molar-refractivity contribution >= 4 is 11.6 Å². The van der Waals surface area contributed by atoms with E-state index in [2.05, 4.69) is 5.32 Å². The number of benzene rings is 1. The van der Waals surface area contributed by atoms with Gasteiger partial charge in [-0.05, 0) is 33.0 Å². The van der Waals surface area contributed by atoms with Gasteiger partial charge in [-0.15, -0.1) is 0 Å². The van der Waals surface area contributed by atoms with Crippen LogP contribution in [0.3, 0.4) is 0 Å². The van der Waals surface area contributed by atoms with Crippen LogP contribution in [0.15, 0.2) is 18.2 Å². The zero-order valence-corrected chi connectivity index (χ0v) is 11.7.